The van der Waals surface area contributed by atoms with Gasteiger partial charge in [-0.15, -0.1) is 0 Å². The van der Waals surface area contributed by atoms with Crippen molar-refractivity contribution in [3.05, 3.63) is 29.3 Å². The lowest BCUT2D eigenvalue weighted by Gasteiger charge is -2.32. The molecule has 3 atom stereocenters. The van der Waals surface area contributed by atoms with Crippen LogP contribution in [0.2, 0.25) is 0 Å². The highest BCUT2D eigenvalue weighted by Gasteiger charge is 2.31. The molecule has 0 aliphatic carbocycles. The molecule has 3 unspecified atom stereocenters. The first-order chi connectivity index (χ1) is 8.50. The second-order valence-corrected chi connectivity index (χ2v) is 5.34. The van der Waals surface area contributed by atoms with Crippen LogP contribution in [0.1, 0.15) is 37.4 Å². The number of phenols is 1. The van der Waals surface area contributed by atoms with Crippen LogP contribution in [0.4, 0.5) is 0 Å². The standard InChI is InChI=1S/C15H23NO2/c1-10-5-6-13(15(17)9-10)11(2)16(4)14-7-8-18-12(14)3/h5-6,9,11-12,14,17H,7-8H2,1-4H3. The van der Waals surface area contributed by atoms with Crippen molar-refractivity contribution in [2.75, 3.05) is 13.7 Å². The SMILES string of the molecule is Cc1ccc(C(C)N(C)C2CCOC2C)c(O)c1. The molecule has 1 aliphatic heterocycles. The molecule has 0 amide bonds. The highest BCUT2D eigenvalue weighted by molar-refractivity contribution is 5.37. The minimum Gasteiger partial charge on any atom is -0.508 e. The highest BCUT2D eigenvalue weighted by atomic mass is 16.5. The summed E-state index contributed by atoms with van der Waals surface area (Å²) in [6.45, 7) is 7.08. The Morgan fingerprint density at radius 2 is 2.17 bits per heavy atom. The maximum absolute atomic E-state index is 10.1. The van der Waals surface area contributed by atoms with Crippen molar-refractivity contribution in [1.82, 2.24) is 4.90 Å². The fourth-order valence-electron chi connectivity index (χ4n) is 2.77. The molecule has 0 spiro atoms. The van der Waals surface area contributed by atoms with E-state index in [0.717, 1.165) is 24.2 Å². The summed E-state index contributed by atoms with van der Waals surface area (Å²) in [5, 5.41) is 10.1. The van der Waals surface area contributed by atoms with Gasteiger partial charge in [0.2, 0.25) is 0 Å². The van der Waals surface area contributed by atoms with Gasteiger partial charge in [-0.05, 0) is 45.9 Å². The van der Waals surface area contributed by atoms with Gasteiger partial charge in [0, 0.05) is 24.3 Å². The average Bonchev–Trinajstić information content (AvgIpc) is 2.74. The van der Waals surface area contributed by atoms with Gasteiger partial charge in [-0.2, -0.15) is 0 Å². The Kier molecular flexibility index (Phi) is 3.93. The predicted octanol–water partition coefficient (Wildman–Crippen LogP) is 2.87. The van der Waals surface area contributed by atoms with Crippen molar-refractivity contribution in [3.8, 4) is 5.75 Å². The zero-order chi connectivity index (χ0) is 13.3. The number of likely N-dealkylation sites (N-methyl/N-ethyl adjacent to an activating group) is 1. The molecular weight excluding hydrogens is 226 g/mol. The number of benzene rings is 1. The summed E-state index contributed by atoms with van der Waals surface area (Å²) in [7, 11) is 2.11. The van der Waals surface area contributed by atoms with E-state index < -0.39 is 0 Å². The van der Waals surface area contributed by atoms with Crippen molar-refractivity contribution in [3.63, 3.8) is 0 Å². The van der Waals surface area contributed by atoms with E-state index >= 15 is 0 Å². The molecule has 2 rings (SSSR count). The summed E-state index contributed by atoms with van der Waals surface area (Å²) >= 11 is 0. The second-order valence-electron chi connectivity index (χ2n) is 5.34. The molecule has 1 aromatic rings. The molecule has 0 radical (unpaired) electrons. The topological polar surface area (TPSA) is 32.7 Å². The largest absolute Gasteiger partial charge is 0.508 e. The van der Waals surface area contributed by atoms with E-state index in [2.05, 4.69) is 25.8 Å². The second kappa shape index (κ2) is 5.29. The van der Waals surface area contributed by atoms with Gasteiger partial charge in [0.25, 0.3) is 0 Å². The first-order valence-electron chi connectivity index (χ1n) is 6.63. The van der Waals surface area contributed by atoms with E-state index in [9.17, 15) is 5.11 Å². The summed E-state index contributed by atoms with van der Waals surface area (Å²) in [4.78, 5) is 2.31. The van der Waals surface area contributed by atoms with Gasteiger partial charge < -0.3 is 9.84 Å². The number of aryl methyl sites for hydroxylation is 1. The Morgan fingerprint density at radius 3 is 2.72 bits per heavy atom. The zero-order valence-electron chi connectivity index (χ0n) is 11.7. The third kappa shape index (κ3) is 2.52. The van der Waals surface area contributed by atoms with Crippen LogP contribution in [-0.4, -0.2) is 35.8 Å². The average molecular weight is 249 g/mol. The van der Waals surface area contributed by atoms with Gasteiger partial charge in [-0.3, -0.25) is 4.90 Å². The van der Waals surface area contributed by atoms with E-state index in [0.29, 0.717) is 11.8 Å². The normalized spacial score (nSPS) is 25.6. The van der Waals surface area contributed by atoms with Crippen LogP contribution in [-0.2, 0) is 4.74 Å². The lowest BCUT2D eigenvalue weighted by atomic mass is 10.0. The first kappa shape index (κ1) is 13.4. The fourth-order valence-corrected chi connectivity index (χ4v) is 2.77. The molecule has 18 heavy (non-hydrogen) atoms. The first-order valence-corrected chi connectivity index (χ1v) is 6.63. The molecule has 3 nitrogen and oxygen atoms in total. The van der Waals surface area contributed by atoms with Gasteiger partial charge in [0.15, 0.2) is 0 Å². The number of aromatic hydroxyl groups is 1. The van der Waals surface area contributed by atoms with Gasteiger partial charge in [0.1, 0.15) is 5.75 Å². The molecule has 100 valence electrons. The van der Waals surface area contributed by atoms with Crippen LogP contribution in [0.5, 0.6) is 5.75 Å². The Bertz CT molecular complexity index is 419. The molecule has 1 N–H and O–H groups in total. The smallest absolute Gasteiger partial charge is 0.120 e. The highest BCUT2D eigenvalue weighted by Crippen LogP contribution is 2.32. The molecule has 1 saturated heterocycles. The quantitative estimate of drug-likeness (QED) is 0.894. The Balaban J connectivity index is 2.17. The van der Waals surface area contributed by atoms with Crippen molar-refractivity contribution >= 4 is 0 Å². The molecular formula is C15H23NO2. The van der Waals surface area contributed by atoms with Crippen molar-refractivity contribution < 1.29 is 9.84 Å². The van der Waals surface area contributed by atoms with E-state index in [-0.39, 0.29) is 12.1 Å². The molecule has 1 fully saturated rings. The molecule has 3 heteroatoms. The van der Waals surface area contributed by atoms with E-state index in [4.69, 9.17) is 4.74 Å². The summed E-state index contributed by atoms with van der Waals surface area (Å²) in [6, 6.07) is 6.52. The molecule has 1 heterocycles. The number of ether oxygens (including phenoxy) is 1. The van der Waals surface area contributed by atoms with Crippen molar-refractivity contribution in [2.45, 2.75) is 45.4 Å². The summed E-state index contributed by atoms with van der Waals surface area (Å²) in [6.07, 6.45) is 1.33. The minimum atomic E-state index is 0.194. The number of hydrogen-bond donors (Lipinski definition) is 1. The summed E-state index contributed by atoms with van der Waals surface area (Å²) in [5.41, 5.74) is 2.07. The van der Waals surface area contributed by atoms with Crippen LogP contribution in [0.15, 0.2) is 18.2 Å². The van der Waals surface area contributed by atoms with Gasteiger partial charge in [-0.25, -0.2) is 0 Å². The maximum Gasteiger partial charge on any atom is 0.120 e. The van der Waals surface area contributed by atoms with Crippen molar-refractivity contribution in [1.29, 1.82) is 0 Å². The molecule has 1 aliphatic rings. The maximum atomic E-state index is 10.1. The molecule has 1 aromatic carbocycles. The summed E-state index contributed by atoms with van der Waals surface area (Å²) in [5.74, 6) is 0.390. The van der Waals surface area contributed by atoms with E-state index in [1.165, 1.54) is 0 Å². The predicted molar refractivity (Wildman–Crippen MR) is 72.8 cm³/mol. The van der Waals surface area contributed by atoms with Crippen LogP contribution >= 0.6 is 0 Å². The zero-order valence-corrected chi connectivity index (χ0v) is 11.7. The number of rotatable bonds is 3. The lowest BCUT2D eigenvalue weighted by Crippen LogP contribution is -2.38. The fraction of sp³-hybridized carbons (Fsp3) is 0.600. The van der Waals surface area contributed by atoms with E-state index in [1.807, 2.05) is 25.1 Å². The van der Waals surface area contributed by atoms with Gasteiger partial charge in [0.05, 0.1) is 6.10 Å². The van der Waals surface area contributed by atoms with Gasteiger partial charge >= 0.3 is 0 Å². The Morgan fingerprint density at radius 1 is 1.44 bits per heavy atom. The third-order valence-corrected chi connectivity index (χ3v) is 4.11. The van der Waals surface area contributed by atoms with E-state index in [1.54, 1.807) is 0 Å². The Hall–Kier alpha value is -1.06. The number of hydrogen-bond acceptors (Lipinski definition) is 3. The van der Waals surface area contributed by atoms with Gasteiger partial charge in [-0.1, -0.05) is 12.1 Å². The molecule has 0 bridgehead atoms. The van der Waals surface area contributed by atoms with Crippen LogP contribution in [0.25, 0.3) is 0 Å². The lowest BCUT2D eigenvalue weighted by molar-refractivity contribution is 0.0699. The number of phenolic OH excluding ortho intramolecular Hbond substituents is 1. The monoisotopic (exact) mass is 249 g/mol. The minimum absolute atomic E-state index is 0.194. The summed E-state index contributed by atoms with van der Waals surface area (Å²) < 4.78 is 5.62. The number of nitrogens with zero attached hydrogens (tertiary/aromatic N) is 1. The van der Waals surface area contributed by atoms with Crippen LogP contribution < -0.4 is 0 Å². The third-order valence-electron chi connectivity index (χ3n) is 4.11. The van der Waals surface area contributed by atoms with Crippen LogP contribution in [0.3, 0.4) is 0 Å². The van der Waals surface area contributed by atoms with Crippen molar-refractivity contribution in [2.24, 2.45) is 0 Å². The molecule has 0 saturated carbocycles. The molecule has 0 aromatic heterocycles. The van der Waals surface area contributed by atoms with Crippen LogP contribution in [0, 0.1) is 6.92 Å². The Labute approximate surface area is 109 Å².